The number of nitrogens with one attached hydrogen (secondary N) is 1. The smallest absolute Gasteiger partial charge is 0.271 e. The van der Waals surface area contributed by atoms with Gasteiger partial charge in [-0.15, -0.1) is 0 Å². The van der Waals surface area contributed by atoms with Gasteiger partial charge in [-0.1, -0.05) is 0 Å². The SMILES string of the molecule is COc1cc(C(=O)N/N=C\c2ccc(OCc3ccc([N+](=O)[O-])cc3)c(OC)c2)ccc1I. The van der Waals surface area contributed by atoms with Crippen LogP contribution in [0.25, 0.3) is 0 Å². The Balaban J connectivity index is 1.62. The van der Waals surface area contributed by atoms with E-state index in [0.717, 1.165) is 9.13 Å². The van der Waals surface area contributed by atoms with E-state index in [0.29, 0.717) is 28.4 Å². The summed E-state index contributed by atoms with van der Waals surface area (Å²) < 4.78 is 17.3. The summed E-state index contributed by atoms with van der Waals surface area (Å²) in [6.07, 6.45) is 1.49. The van der Waals surface area contributed by atoms with Crippen molar-refractivity contribution in [2.45, 2.75) is 6.61 Å². The van der Waals surface area contributed by atoms with Crippen LogP contribution in [0.4, 0.5) is 5.69 Å². The number of benzene rings is 3. The lowest BCUT2D eigenvalue weighted by Gasteiger charge is -2.11. The summed E-state index contributed by atoms with van der Waals surface area (Å²) >= 11 is 2.13. The van der Waals surface area contributed by atoms with Crippen LogP contribution in [0.1, 0.15) is 21.5 Å². The number of ether oxygens (including phenoxy) is 3. The number of hydrogen-bond donors (Lipinski definition) is 1. The maximum Gasteiger partial charge on any atom is 0.271 e. The van der Waals surface area contributed by atoms with Gasteiger partial charge in [-0.25, -0.2) is 5.43 Å². The predicted octanol–water partition coefficient (Wildman–Crippen LogP) is 4.56. The molecule has 1 amide bonds. The van der Waals surface area contributed by atoms with Crippen LogP contribution in [0.5, 0.6) is 17.2 Å². The van der Waals surface area contributed by atoms with Crippen molar-refractivity contribution < 1.29 is 23.9 Å². The molecule has 0 aliphatic rings. The first kappa shape index (κ1) is 24.0. The van der Waals surface area contributed by atoms with E-state index in [-0.39, 0.29) is 18.2 Å². The van der Waals surface area contributed by atoms with Gasteiger partial charge in [0.1, 0.15) is 12.4 Å². The molecule has 9 nitrogen and oxygen atoms in total. The quantitative estimate of drug-likeness (QED) is 0.178. The number of halogens is 1. The summed E-state index contributed by atoms with van der Waals surface area (Å²) in [4.78, 5) is 22.6. The van der Waals surface area contributed by atoms with E-state index in [2.05, 4.69) is 33.1 Å². The summed E-state index contributed by atoms with van der Waals surface area (Å²) in [5, 5.41) is 14.7. The Morgan fingerprint density at radius 2 is 1.76 bits per heavy atom. The third-order valence-corrected chi connectivity index (χ3v) is 5.41. The minimum absolute atomic E-state index is 0.0215. The maximum absolute atomic E-state index is 12.3. The molecule has 0 unspecified atom stereocenters. The molecule has 3 rings (SSSR count). The Bertz CT molecular complexity index is 1180. The van der Waals surface area contributed by atoms with Crippen molar-refractivity contribution in [2.75, 3.05) is 14.2 Å². The molecule has 0 atom stereocenters. The van der Waals surface area contributed by atoms with Crippen LogP contribution in [0, 0.1) is 13.7 Å². The van der Waals surface area contributed by atoms with Gasteiger partial charge in [0.15, 0.2) is 11.5 Å². The average Bonchev–Trinajstić information content (AvgIpc) is 2.83. The molecule has 0 bridgehead atoms. The lowest BCUT2D eigenvalue weighted by molar-refractivity contribution is -0.384. The number of nitro benzene ring substituents is 1. The van der Waals surface area contributed by atoms with Crippen molar-refractivity contribution in [3.8, 4) is 17.2 Å². The topological polar surface area (TPSA) is 112 Å². The average molecular weight is 561 g/mol. The van der Waals surface area contributed by atoms with Gasteiger partial charge in [0, 0.05) is 17.7 Å². The second kappa shape index (κ2) is 11.3. The minimum atomic E-state index is -0.451. The van der Waals surface area contributed by atoms with Gasteiger partial charge in [-0.2, -0.15) is 5.10 Å². The van der Waals surface area contributed by atoms with Crippen molar-refractivity contribution in [1.82, 2.24) is 5.43 Å². The highest BCUT2D eigenvalue weighted by Crippen LogP contribution is 2.28. The van der Waals surface area contributed by atoms with E-state index in [1.807, 2.05) is 0 Å². The van der Waals surface area contributed by atoms with Gasteiger partial charge in [-0.05, 0) is 82.2 Å². The van der Waals surface area contributed by atoms with E-state index in [1.54, 1.807) is 55.6 Å². The van der Waals surface area contributed by atoms with E-state index < -0.39 is 4.92 Å². The van der Waals surface area contributed by atoms with Crippen LogP contribution >= 0.6 is 22.6 Å². The van der Waals surface area contributed by atoms with Crippen molar-refractivity contribution >= 4 is 40.4 Å². The molecule has 0 fully saturated rings. The van der Waals surface area contributed by atoms with Crippen LogP contribution in [-0.2, 0) is 6.61 Å². The highest BCUT2D eigenvalue weighted by Gasteiger charge is 2.10. The second-order valence-electron chi connectivity index (χ2n) is 6.67. The van der Waals surface area contributed by atoms with Gasteiger partial charge in [-0.3, -0.25) is 14.9 Å². The third-order valence-electron chi connectivity index (χ3n) is 4.52. The monoisotopic (exact) mass is 561 g/mol. The number of nitrogens with zero attached hydrogens (tertiary/aromatic N) is 2. The number of hydrazone groups is 1. The van der Waals surface area contributed by atoms with Crippen LogP contribution in [-0.4, -0.2) is 31.3 Å². The maximum atomic E-state index is 12.3. The van der Waals surface area contributed by atoms with Crippen LogP contribution in [0.3, 0.4) is 0 Å². The Kier molecular flexibility index (Phi) is 8.19. The lowest BCUT2D eigenvalue weighted by Crippen LogP contribution is -2.17. The third kappa shape index (κ3) is 6.42. The molecule has 0 radical (unpaired) electrons. The van der Waals surface area contributed by atoms with Crippen LogP contribution in [0.15, 0.2) is 65.8 Å². The number of non-ortho nitro benzene ring substituents is 1. The minimum Gasteiger partial charge on any atom is -0.496 e. The van der Waals surface area contributed by atoms with Gasteiger partial charge in [0.25, 0.3) is 11.6 Å². The van der Waals surface area contributed by atoms with E-state index in [4.69, 9.17) is 14.2 Å². The molecule has 0 heterocycles. The molecule has 0 spiro atoms. The van der Waals surface area contributed by atoms with E-state index in [1.165, 1.54) is 25.5 Å². The fourth-order valence-corrected chi connectivity index (χ4v) is 3.35. The van der Waals surface area contributed by atoms with Crippen molar-refractivity contribution in [2.24, 2.45) is 5.10 Å². The highest BCUT2D eigenvalue weighted by atomic mass is 127. The Labute approximate surface area is 203 Å². The molecular formula is C23H20IN3O6. The Morgan fingerprint density at radius 1 is 1.03 bits per heavy atom. The summed E-state index contributed by atoms with van der Waals surface area (Å²) in [6.45, 7) is 0.220. The zero-order valence-electron chi connectivity index (χ0n) is 17.8. The standard InChI is InChI=1S/C23H20IN3O6/c1-31-21-12-17(6-9-19(21)24)23(28)26-25-13-16-5-10-20(22(11-16)32-2)33-14-15-3-7-18(8-4-15)27(29)30/h3-13H,14H2,1-2H3,(H,26,28)/b25-13-. The fraction of sp³-hybridized carbons (Fsp3) is 0.130. The zero-order chi connectivity index (χ0) is 23.8. The summed E-state index contributed by atoms with van der Waals surface area (Å²) in [7, 11) is 3.06. The van der Waals surface area contributed by atoms with Crippen molar-refractivity contribution in [3.05, 3.63) is 91.0 Å². The van der Waals surface area contributed by atoms with E-state index in [9.17, 15) is 14.9 Å². The fourth-order valence-electron chi connectivity index (χ4n) is 2.79. The molecular weight excluding hydrogens is 541 g/mol. The summed E-state index contributed by atoms with van der Waals surface area (Å²) in [6, 6.07) is 16.4. The number of rotatable bonds is 9. The Morgan fingerprint density at radius 3 is 2.42 bits per heavy atom. The number of methoxy groups -OCH3 is 2. The van der Waals surface area contributed by atoms with Crippen LogP contribution < -0.4 is 19.6 Å². The van der Waals surface area contributed by atoms with Crippen molar-refractivity contribution in [1.29, 1.82) is 0 Å². The molecule has 0 aliphatic heterocycles. The molecule has 170 valence electrons. The van der Waals surface area contributed by atoms with Crippen molar-refractivity contribution in [3.63, 3.8) is 0 Å². The molecule has 3 aromatic rings. The first-order chi connectivity index (χ1) is 15.9. The molecule has 10 heteroatoms. The summed E-state index contributed by atoms with van der Waals surface area (Å²) in [5.41, 5.74) is 4.40. The molecule has 1 N–H and O–H groups in total. The van der Waals surface area contributed by atoms with Gasteiger partial charge in [0.2, 0.25) is 0 Å². The largest absolute Gasteiger partial charge is 0.496 e. The molecule has 0 saturated heterocycles. The molecule has 33 heavy (non-hydrogen) atoms. The van der Waals surface area contributed by atoms with Crippen LogP contribution in [0.2, 0.25) is 0 Å². The summed E-state index contributed by atoms with van der Waals surface area (Å²) in [5.74, 6) is 1.23. The molecule has 0 saturated carbocycles. The second-order valence-corrected chi connectivity index (χ2v) is 7.83. The predicted molar refractivity (Wildman–Crippen MR) is 131 cm³/mol. The first-order valence-corrected chi connectivity index (χ1v) is 10.7. The number of nitro groups is 1. The first-order valence-electron chi connectivity index (χ1n) is 9.62. The highest BCUT2D eigenvalue weighted by molar-refractivity contribution is 14.1. The number of carbonyl (C=O) groups is 1. The van der Waals surface area contributed by atoms with Gasteiger partial charge < -0.3 is 14.2 Å². The number of hydrogen-bond acceptors (Lipinski definition) is 7. The van der Waals surface area contributed by atoms with Gasteiger partial charge >= 0.3 is 0 Å². The number of carbonyl (C=O) groups excluding carboxylic acids is 1. The van der Waals surface area contributed by atoms with E-state index >= 15 is 0 Å². The molecule has 3 aromatic carbocycles. The zero-order valence-corrected chi connectivity index (χ0v) is 19.9. The molecule has 0 aromatic heterocycles. The number of amides is 1. The lowest BCUT2D eigenvalue weighted by atomic mass is 10.2. The Hall–Kier alpha value is -3.67. The molecule has 0 aliphatic carbocycles. The van der Waals surface area contributed by atoms with Gasteiger partial charge in [0.05, 0.1) is 28.9 Å². The normalized spacial score (nSPS) is 10.6.